The fraction of sp³-hybridized carbons (Fsp3) is 0.100. The van der Waals surface area contributed by atoms with Crippen molar-refractivity contribution in [3.8, 4) is 16.9 Å². The van der Waals surface area contributed by atoms with E-state index in [0.29, 0.717) is 0 Å². The third-order valence-electron chi connectivity index (χ3n) is 3.59. The summed E-state index contributed by atoms with van der Waals surface area (Å²) in [5, 5.41) is 0. The lowest BCUT2D eigenvalue weighted by atomic mass is 10.0. The molecule has 109 valence electrons. The van der Waals surface area contributed by atoms with Gasteiger partial charge < -0.3 is 4.74 Å². The van der Waals surface area contributed by atoms with Crippen molar-refractivity contribution in [2.75, 3.05) is 7.11 Å². The summed E-state index contributed by atoms with van der Waals surface area (Å²) < 4.78 is 5.44. The quantitative estimate of drug-likeness (QED) is 0.687. The number of ether oxygens (including phenoxy) is 1. The Hall–Kier alpha value is -2.61. The van der Waals surface area contributed by atoms with Crippen LogP contribution in [0.1, 0.15) is 11.3 Å². The highest BCUT2D eigenvalue weighted by molar-refractivity contribution is 5.70. The Kier molecular flexibility index (Phi) is 4.50. The Morgan fingerprint density at radius 2 is 1.73 bits per heavy atom. The lowest BCUT2D eigenvalue weighted by molar-refractivity contribution is 0.416. The van der Waals surface area contributed by atoms with Crippen LogP contribution in [0.5, 0.6) is 5.75 Å². The topological polar surface area (TPSA) is 22.1 Å². The standard InChI is InChI=1S/C20H18NO/c1-22-20-10-6-5-9-19(20)17-13-14-21-18(15-17)12-11-16-7-3-2-4-8-16/h2-10,12-15H,11H2,1H3. The number of nitrogens with zero attached hydrogens (tertiary/aromatic N) is 1. The van der Waals surface area contributed by atoms with E-state index in [1.54, 1.807) is 7.11 Å². The second-order valence-corrected chi connectivity index (χ2v) is 5.06. The molecule has 3 aromatic rings. The molecule has 0 spiro atoms. The van der Waals surface area contributed by atoms with Crippen molar-refractivity contribution < 1.29 is 4.74 Å². The Morgan fingerprint density at radius 3 is 2.55 bits per heavy atom. The second kappa shape index (κ2) is 6.90. The lowest BCUT2D eigenvalue weighted by Gasteiger charge is -2.09. The third-order valence-corrected chi connectivity index (χ3v) is 3.59. The van der Waals surface area contributed by atoms with Gasteiger partial charge in [-0.05, 0) is 35.7 Å². The van der Waals surface area contributed by atoms with E-state index in [1.165, 1.54) is 5.56 Å². The molecule has 0 aliphatic carbocycles. The van der Waals surface area contributed by atoms with Crippen LogP contribution in [0.15, 0.2) is 72.9 Å². The minimum Gasteiger partial charge on any atom is -0.496 e. The second-order valence-electron chi connectivity index (χ2n) is 5.06. The average molecular weight is 288 g/mol. The predicted molar refractivity (Wildman–Crippen MR) is 89.8 cm³/mol. The summed E-state index contributed by atoms with van der Waals surface area (Å²) in [5.41, 5.74) is 4.47. The Labute approximate surface area is 131 Å². The van der Waals surface area contributed by atoms with E-state index < -0.39 is 0 Å². The first-order valence-electron chi connectivity index (χ1n) is 7.33. The van der Waals surface area contributed by atoms with Crippen molar-refractivity contribution in [3.63, 3.8) is 0 Å². The molecule has 0 atom stereocenters. The molecule has 2 aromatic carbocycles. The van der Waals surface area contributed by atoms with Crippen molar-refractivity contribution in [2.45, 2.75) is 6.42 Å². The predicted octanol–water partition coefficient (Wildman–Crippen LogP) is 4.55. The van der Waals surface area contributed by atoms with Gasteiger partial charge in [0, 0.05) is 23.9 Å². The maximum atomic E-state index is 5.44. The van der Waals surface area contributed by atoms with Gasteiger partial charge in [0.1, 0.15) is 5.75 Å². The first-order chi connectivity index (χ1) is 10.9. The molecular weight excluding hydrogens is 270 g/mol. The molecular formula is C20H18NO. The van der Waals surface area contributed by atoms with Crippen LogP contribution in [0.3, 0.4) is 0 Å². The van der Waals surface area contributed by atoms with Crippen LogP contribution in [-0.4, -0.2) is 12.1 Å². The molecule has 2 nitrogen and oxygen atoms in total. The van der Waals surface area contributed by atoms with Gasteiger partial charge in [0.25, 0.3) is 0 Å². The van der Waals surface area contributed by atoms with Gasteiger partial charge in [0.15, 0.2) is 0 Å². The van der Waals surface area contributed by atoms with E-state index in [1.807, 2.05) is 36.5 Å². The summed E-state index contributed by atoms with van der Waals surface area (Å²) in [7, 11) is 1.70. The fourth-order valence-electron chi connectivity index (χ4n) is 2.45. The summed E-state index contributed by atoms with van der Waals surface area (Å²) in [4.78, 5) is 4.44. The van der Waals surface area contributed by atoms with Gasteiger partial charge in [0.2, 0.25) is 0 Å². The highest BCUT2D eigenvalue weighted by atomic mass is 16.5. The number of methoxy groups -OCH3 is 1. The van der Waals surface area contributed by atoms with Gasteiger partial charge in [-0.15, -0.1) is 0 Å². The SMILES string of the molecule is COc1ccccc1-c1ccnc([CH]Cc2ccccc2)c1. The maximum Gasteiger partial charge on any atom is 0.126 e. The van der Waals surface area contributed by atoms with Crippen molar-refractivity contribution in [1.29, 1.82) is 0 Å². The van der Waals surface area contributed by atoms with Gasteiger partial charge in [-0.3, -0.25) is 4.98 Å². The smallest absolute Gasteiger partial charge is 0.126 e. The molecule has 0 aliphatic rings. The van der Waals surface area contributed by atoms with Crippen molar-refractivity contribution in [1.82, 2.24) is 4.98 Å². The van der Waals surface area contributed by atoms with Crippen LogP contribution < -0.4 is 4.74 Å². The molecule has 2 heteroatoms. The van der Waals surface area contributed by atoms with Gasteiger partial charge in [0.05, 0.1) is 7.11 Å². The van der Waals surface area contributed by atoms with Gasteiger partial charge in [-0.1, -0.05) is 48.5 Å². The third kappa shape index (κ3) is 3.34. The number of aromatic nitrogens is 1. The van der Waals surface area contributed by atoms with Crippen LogP contribution in [0.25, 0.3) is 11.1 Å². The first kappa shape index (κ1) is 14.3. The van der Waals surface area contributed by atoms with E-state index in [0.717, 1.165) is 29.0 Å². The lowest BCUT2D eigenvalue weighted by Crippen LogP contribution is -1.93. The number of hydrogen-bond acceptors (Lipinski definition) is 2. The molecule has 0 aliphatic heterocycles. The molecule has 1 heterocycles. The summed E-state index contributed by atoms with van der Waals surface area (Å²) in [6.07, 6.45) is 4.87. The fourth-order valence-corrected chi connectivity index (χ4v) is 2.45. The van der Waals surface area contributed by atoms with E-state index in [9.17, 15) is 0 Å². The largest absolute Gasteiger partial charge is 0.496 e. The molecule has 0 bridgehead atoms. The van der Waals surface area contributed by atoms with E-state index in [-0.39, 0.29) is 0 Å². The Morgan fingerprint density at radius 1 is 0.955 bits per heavy atom. The molecule has 0 fully saturated rings. The zero-order valence-corrected chi connectivity index (χ0v) is 12.6. The van der Waals surface area contributed by atoms with Crippen LogP contribution in [0.2, 0.25) is 0 Å². The van der Waals surface area contributed by atoms with Crippen molar-refractivity contribution in [2.24, 2.45) is 0 Å². The molecule has 1 aromatic heterocycles. The molecule has 0 saturated heterocycles. The van der Waals surface area contributed by atoms with Crippen molar-refractivity contribution >= 4 is 0 Å². The zero-order valence-electron chi connectivity index (χ0n) is 12.6. The normalized spacial score (nSPS) is 10.4. The number of para-hydroxylation sites is 1. The van der Waals surface area contributed by atoms with Crippen LogP contribution >= 0.6 is 0 Å². The molecule has 0 unspecified atom stereocenters. The van der Waals surface area contributed by atoms with Crippen LogP contribution in [0, 0.1) is 6.42 Å². The Bertz CT molecular complexity index is 737. The highest BCUT2D eigenvalue weighted by Crippen LogP contribution is 2.29. The molecule has 22 heavy (non-hydrogen) atoms. The Balaban J connectivity index is 1.81. The van der Waals surface area contributed by atoms with E-state index in [2.05, 4.69) is 47.8 Å². The monoisotopic (exact) mass is 288 g/mol. The number of benzene rings is 2. The molecule has 3 rings (SSSR count). The van der Waals surface area contributed by atoms with Gasteiger partial charge in [-0.25, -0.2) is 0 Å². The van der Waals surface area contributed by atoms with Gasteiger partial charge >= 0.3 is 0 Å². The maximum absolute atomic E-state index is 5.44. The summed E-state index contributed by atoms with van der Waals surface area (Å²) >= 11 is 0. The molecule has 0 amide bonds. The summed E-state index contributed by atoms with van der Waals surface area (Å²) in [5.74, 6) is 0.878. The molecule has 1 radical (unpaired) electrons. The average Bonchev–Trinajstić information content (AvgIpc) is 2.61. The summed E-state index contributed by atoms with van der Waals surface area (Å²) in [6, 6.07) is 22.5. The van der Waals surface area contributed by atoms with Gasteiger partial charge in [-0.2, -0.15) is 0 Å². The minimum absolute atomic E-state index is 0.878. The minimum atomic E-state index is 0.878. The van der Waals surface area contributed by atoms with E-state index >= 15 is 0 Å². The van der Waals surface area contributed by atoms with Crippen LogP contribution in [-0.2, 0) is 6.42 Å². The highest BCUT2D eigenvalue weighted by Gasteiger charge is 2.06. The molecule has 0 N–H and O–H groups in total. The number of pyridine rings is 1. The summed E-state index contributed by atoms with van der Waals surface area (Å²) in [6.45, 7) is 0. The van der Waals surface area contributed by atoms with Crippen molar-refractivity contribution in [3.05, 3.63) is 90.6 Å². The van der Waals surface area contributed by atoms with E-state index in [4.69, 9.17) is 4.74 Å². The van der Waals surface area contributed by atoms with Crippen LogP contribution in [0.4, 0.5) is 0 Å². The number of rotatable bonds is 5. The number of hydrogen-bond donors (Lipinski definition) is 0. The first-order valence-corrected chi connectivity index (χ1v) is 7.33. The molecule has 0 saturated carbocycles. The zero-order chi connectivity index (χ0) is 15.2.